The van der Waals surface area contributed by atoms with Gasteiger partial charge in [0.2, 0.25) is 5.88 Å². The van der Waals surface area contributed by atoms with Crippen molar-refractivity contribution in [3.63, 3.8) is 0 Å². The summed E-state index contributed by atoms with van der Waals surface area (Å²) in [4.78, 5) is 30.2. The molecule has 132 valence electrons. The molecule has 1 aromatic heterocycles. The quantitative estimate of drug-likeness (QED) is 0.774. The van der Waals surface area contributed by atoms with E-state index in [0.29, 0.717) is 43.6 Å². The molecule has 0 spiro atoms. The minimum Gasteiger partial charge on any atom is -0.478 e. The number of fused-ring (bicyclic) bond motifs is 1. The SMILES string of the molecule is CCOc1ccc2c(n1)C(=O)CCN2C(=O)NCCCOC(C)C. The molecule has 1 aromatic rings. The standard InChI is InChI=1S/C17H25N3O4/c1-4-23-15-7-6-13-16(19-15)14(21)8-10-20(13)17(22)18-9-5-11-24-12(2)3/h6-7,12H,4-5,8-11H2,1-3H3,(H,18,22). The van der Waals surface area contributed by atoms with Crippen LogP contribution in [0.5, 0.6) is 5.88 Å². The van der Waals surface area contributed by atoms with Gasteiger partial charge in [0.15, 0.2) is 5.78 Å². The average Bonchev–Trinajstić information content (AvgIpc) is 2.55. The van der Waals surface area contributed by atoms with E-state index in [1.54, 1.807) is 17.0 Å². The summed E-state index contributed by atoms with van der Waals surface area (Å²) in [5.41, 5.74) is 0.830. The molecule has 2 heterocycles. The van der Waals surface area contributed by atoms with Crippen LogP contribution in [0.15, 0.2) is 12.1 Å². The molecular formula is C17H25N3O4. The normalized spacial score (nSPS) is 13.8. The Morgan fingerprint density at radius 2 is 2.21 bits per heavy atom. The molecule has 0 aromatic carbocycles. The summed E-state index contributed by atoms with van der Waals surface area (Å²) in [6, 6.07) is 3.17. The van der Waals surface area contributed by atoms with Crippen LogP contribution in [0.2, 0.25) is 0 Å². The fraction of sp³-hybridized carbons (Fsp3) is 0.588. The minimum absolute atomic E-state index is 0.0686. The summed E-state index contributed by atoms with van der Waals surface area (Å²) >= 11 is 0. The van der Waals surface area contributed by atoms with Crippen LogP contribution in [0.25, 0.3) is 0 Å². The van der Waals surface area contributed by atoms with Crippen LogP contribution >= 0.6 is 0 Å². The predicted molar refractivity (Wildman–Crippen MR) is 90.8 cm³/mol. The Morgan fingerprint density at radius 1 is 1.42 bits per heavy atom. The highest BCUT2D eigenvalue weighted by atomic mass is 16.5. The number of urea groups is 1. The Bertz CT molecular complexity index is 589. The second kappa shape index (κ2) is 8.63. The lowest BCUT2D eigenvalue weighted by atomic mass is 10.1. The topological polar surface area (TPSA) is 80.8 Å². The molecule has 0 radical (unpaired) electrons. The maximum atomic E-state index is 12.4. The van der Waals surface area contributed by atoms with Gasteiger partial charge in [-0.2, -0.15) is 0 Å². The van der Waals surface area contributed by atoms with Crippen LogP contribution < -0.4 is 15.0 Å². The van der Waals surface area contributed by atoms with Crippen molar-refractivity contribution >= 4 is 17.5 Å². The zero-order chi connectivity index (χ0) is 17.5. The van der Waals surface area contributed by atoms with Crippen LogP contribution in [0.4, 0.5) is 10.5 Å². The smallest absolute Gasteiger partial charge is 0.321 e. The summed E-state index contributed by atoms with van der Waals surface area (Å²) < 4.78 is 10.8. The van der Waals surface area contributed by atoms with E-state index >= 15 is 0 Å². The van der Waals surface area contributed by atoms with Crippen molar-refractivity contribution in [3.05, 3.63) is 17.8 Å². The third-order valence-corrected chi connectivity index (χ3v) is 3.55. The van der Waals surface area contributed by atoms with Gasteiger partial charge in [-0.15, -0.1) is 0 Å². The fourth-order valence-electron chi connectivity index (χ4n) is 2.43. The zero-order valence-corrected chi connectivity index (χ0v) is 14.5. The summed E-state index contributed by atoms with van der Waals surface area (Å²) in [7, 11) is 0. The number of rotatable bonds is 7. The Balaban J connectivity index is 1.98. The number of hydrogen-bond acceptors (Lipinski definition) is 5. The summed E-state index contributed by atoms with van der Waals surface area (Å²) in [6.45, 7) is 7.76. The minimum atomic E-state index is -0.223. The number of carbonyl (C=O) groups excluding carboxylic acids is 2. The third-order valence-electron chi connectivity index (χ3n) is 3.55. The molecule has 0 atom stereocenters. The highest BCUT2D eigenvalue weighted by Crippen LogP contribution is 2.27. The lowest BCUT2D eigenvalue weighted by molar-refractivity contribution is 0.0774. The molecule has 0 fully saturated rings. The molecule has 24 heavy (non-hydrogen) atoms. The number of ether oxygens (including phenoxy) is 2. The third kappa shape index (κ3) is 4.67. The van der Waals surface area contributed by atoms with Crippen molar-refractivity contribution in [3.8, 4) is 5.88 Å². The van der Waals surface area contributed by atoms with Gasteiger partial charge in [0.05, 0.1) is 18.4 Å². The summed E-state index contributed by atoms with van der Waals surface area (Å²) in [5.74, 6) is 0.332. The number of hydrogen-bond donors (Lipinski definition) is 1. The molecule has 0 saturated heterocycles. The predicted octanol–water partition coefficient (Wildman–Crippen LogP) is 2.40. The summed E-state index contributed by atoms with van der Waals surface area (Å²) in [5, 5.41) is 2.86. The molecule has 1 N–H and O–H groups in total. The number of ketones is 1. The monoisotopic (exact) mass is 335 g/mol. The van der Waals surface area contributed by atoms with E-state index in [0.717, 1.165) is 6.42 Å². The van der Waals surface area contributed by atoms with Crippen molar-refractivity contribution in [2.75, 3.05) is 31.2 Å². The Kier molecular flexibility index (Phi) is 6.54. The molecule has 7 heteroatoms. The van der Waals surface area contributed by atoms with E-state index in [-0.39, 0.29) is 24.3 Å². The van der Waals surface area contributed by atoms with Crippen molar-refractivity contribution in [2.45, 2.75) is 39.7 Å². The molecule has 7 nitrogen and oxygen atoms in total. The molecule has 0 aliphatic carbocycles. The first-order valence-electron chi connectivity index (χ1n) is 8.37. The van der Waals surface area contributed by atoms with Crippen molar-refractivity contribution in [1.29, 1.82) is 0 Å². The van der Waals surface area contributed by atoms with Crippen molar-refractivity contribution in [2.24, 2.45) is 0 Å². The van der Waals surface area contributed by atoms with E-state index in [1.165, 1.54) is 0 Å². The van der Waals surface area contributed by atoms with E-state index in [4.69, 9.17) is 9.47 Å². The van der Waals surface area contributed by atoms with Crippen molar-refractivity contribution in [1.82, 2.24) is 10.3 Å². The molecule has 2 amide bonds. The van der Waals surface area contributed by atoms with Gasteiger partial charge in [-0.25, -0.2) is 9.78 Å². The summed E-state index contributed by atoms with van der Waals surface area (Å²) in [6.07, 6.45) is 1.19. The molecule has 0 unspecified atom stereocenters. The van der Waals surface area contributed by atoms with E-state index < -0.39 is 0 Å². The van der Waals surface area contributed by atoms with Gasteiger partial charge < -0.3 is 14.8 Å². The lowest BCUT2D eigenvalue weighted by Crippen LogP contribution is -2.44. The molecule has 1 aliphatic heterocycles. The molecule has 2 rings (SSSR count). The molecular weight excluding hydrogens is 310 g/mol. The van der Waals surface area contributed by atoms with Crippen LogP contribution in [-0.4, -0.2) is 49.2 Å². The first kappa shape index (κ1) is 18.2. The highest BCUT2D eigenvalue weighted by Gasteiger charge is 2.28. The van der Waals surface area contributed by atoms with Crippen molar-refractivity contribution < 1.29 is 19.1 Å². The molecule has 1 aliphatic rings. The number of pyridine rings is 1. The average molecular weight is 335 g/mol. The van der Waals surface area contributed by atoms with Crippen LogP contribution in [0.1, 0.15) is 44.1 Å². The van der Waals surface area contributed by atoms with Gasteiger partial charge in [-0.1, -0.05) is 0 Å². The lowest BCUT2D eigenvalue weighted by Gasteiger charge is -2.28. The highest BCUT2D eigenvalue weighted by molar-refractivity contribution is 6.07. The largest absolute Gasteiger partial charge is 0.478 e. The number of carbonyl (C=O) groups is 2. The molecule has 0 bridgehead atoms. The van der Waals surface area contributed by atoms with Gasteiger partial charge in [0, 0.05) is 32.2 Å². The number of Topliss-reactive ketones (excluding diaryl/α,β-unsaturated/α-hetero) is 1. The van der Waals surface area contributed by atoms with Gasteiger partial charge in [0.1, 0.15) is 5.69 Å². The van der Waals surface area contributed by atoms with Gasteiger partial charge in [-0.3, -0.25) is 9.69 Å². The van der Waals surface area contributed by atoms with Crippen LogP contribution in [0, 0.1) is 0 Å². The maximum absolute atomic E-state index is 12.4. The first-order valence-corrected chi connectivity index (χ1v) is 8.37. The number of amides is 2. The number of nitrogens with one attached hydrogen (secondary N) is 1. The van der Waals surface area contributed by atoms with Crippen LogP contribution in [-0.2, 0) is 4.74 Å². The Labute approximate surface area is 142 Å². The fourth-order valence-corrected chi connectivity index (χ4v) is 2.43. The van der Waals surface area contributed by atoms with E-state index in [9.17, 15) is 9.59 Å². The van der Waals surface area contributed by atoms with E-state index in [1.807, 2.05) is 20.8 Å². The Hall–Kier alpha value is -2.15. The second-order valence-electron chi connectivity index (χ2n) is 5.78. The molecule has 0 saturated carbocycles. The number of aromatic nitrogens is 1. The second-order valence-corrected chi connectivity index (χ2v) is 5.78. The van der Waals surface area contributed by atoms with Crippen LogP contribution in [0.3, 0.4) is 0 Å². The first-order chi connectivity index (χ1) is 11.5. The van der Waals surface area contributed by atoms with Gasteiger partial charge in [0.25, 0.3) is 0 Å². The maximum Gasteiger partial charge on any atom is 0.321 e. The number of nitrogens with zero attached hydrogens (tertiary/aromatic N) is 2. The van der Waals surface area contributed by atoms with E-state index in [2.05, 4.69) is 10.3 Å². The van der Waals surface area contributed by atoms with Gasteiger partial charge >= 0.3 is 6.03 Å². The van der Waals surface area contributed by atoms with Gasteiger partial charge in [-0.05, 0) is 33.3 Å². The zero-order valence-electron chi connectivity index (χ0n) is 14.5. The number of anilines is 1. The Morgan fingerprint density at radius 3 is 2.92 bits per heavy atom.